The van der Waals surface area contributed by atoms with E-state index in [1.807, 2.05) is 42.5 Å². The summed E-state index contributed by atoms with van der Waals surface area (Å²) in [6, 6.07) is 16.7. The van der Waals surface area contributed by atoms with Crippen molar-refractivity contribution in [3.8, 4) is 5.75 Å². The normalized spacial score (nSPS) is 10.3. The molecule has 98 valence electrons. The summed E-state index contributed by atoms with van der Waals surface area (Å²) in [6.45, 7) is 4.17. The lowest BCUT2D eigenvalue weighted by Gasteiger charge is -2.13. The third kappa shape index (κ3) is 3.58. The topological polar surface area (TPSA) is 38.3 Å². The molecule has 0 atom stereocenters. The van der Waals surface area contributed by atoms with E-state index in [2.05, 4.69) is 19.2 Å². The minimum Gasteiger partial charge on any atom is -0.410 e. The average molecular weight is 255 g/mol. The van der Waals surface area contributed by atoms with Gasteiger partial charge in [0.1, 0.15) is 5.75 Å². The molecule has 0 bridgehead atoms. The first-order valence-corrected chi connectivity index (χ1v) is 6.29. The van der Waals surface area contributed by atoms with Crippen molar-refractivity contribution in [2.75, 3.05) is 5.32 Å². The molecule has 3 heteroatoms. The van der Waals surface area contributed by atoms with Crippen LogP contribution in [0.3, 0.4) is 0 Å². The Bertz CT molecular complexity index is 550. The van der Waals surface area contributed by atoms with E-state index in [4.69, 9.17) is 4.74 Å². The monoisotopic (exact) mass is 255 g/mol. The molecular formula is C16H17NO2. The van der Waals surface area contributed by atoms with Gasteiger partial charge in [-0.05, 0) is 29.7 Å². The van der Waals surface area contributed by atoms with Crippen LogP contribution in [0.25, 0.3) is 0 Å². The molecule has 1 N–H and O–H groups in total. The van der Waals surface area contributed by atoms with Gasteiger partial charge in [-0.15, -0.1) is 0 Å². The summed E-state index contributed by atoms with van der Waals surface area (Å²) in [6.07, 6.45) is -0.473. The smallest absolute Gasteiger partial charge is 0.410 e. The van der Waals surface area contributed by atoms with Crippen molar-refractivity contribution in [3.63, 3.8) is 0 Å². The third-order valence-electron chi connectivity index (χ3n) is 2.77. The lowest BCUT2D eigenvalue weighted by atomic mass is 10.0. The van der Waals surface area contributed by atoms with Crippen molar-refractivity contribution in [1.82, 2.24) is 0 Å². The van der Waals surface area contributed by atoms with Crippen LogP contribution in [0.2, 0.25) is 0 Å². The van der Waals surface area contributed by atoms with E-state index in [0.29, 0.717) is 11.7 Å². The first-order chi connectivity index (χ1) is 9.16. The second kappa shape index (κ2) is 6.05. The highest BCUT2D eigenvalue weighted by Crippen LogP contribution is 2.23. The number of amides is 1. The van der Waals surface area contributed by atoms with Gasteiger partial charge in [0.05, 0.1) is 0 Å². The zero-order valence-corrected chi connectivity index (χ0v) is 11.1. The van der Waals surface area contributed by atoms with E-state index in [1.165, 1.54) is 0 Å². The van der Waals surface area contributed by atoms with Crippen LogP contribution in [-0.2, 0) is 0 Å². The second-order valence-corrected chi connectivity index (χ2v) is 4.57. The maximum Gasteiger partial charge on any atom is 0.417 e. The van der Waals surface area contributed by atoms with Gasteiger partial charge >= 0.3 is 6.09 Å². The fourth-order valence-electron chi connectivity index (χ4n) is 1.85. The van der Waals surface area contributed by atoms with Crippen molar-refractivity contribution in [2.45, 2.75) is 19.8 Å². The molecule has 0 unspecified atom stereocenters. The first-order valence-electron chi connectivity index (χ1n) is 6.29. The quantitative estimate of drug-likeness (QED) is 0.881. The maximum absolute atomic E-state index is 11.8. The number of anilines is 1. The average Bonchev–Trinajstić information content (AvgIpc) is 2.40. The molecule has 0 fully saturated rings. The molecular weight excluding hydrogens is 238 g/mol. The molecule has 0 aliphatic carbocycles. The van der Waals surface area contributed by atoms with Gasteiger partial charge in [-0.3, -0.25) is 5.32 Å². The van der Waals surface area contributed by atoms with Crippen molar-refractivity contribution in [3.05, 3.63) is 60.2 Å². The fourth-order valence-corrected chi connectivity index (χ4v) is 1.85. The highest BCUT2D eigenvalue weighted by molar-refractivity contribution is 5.87. The Balaban J connectivity index is 2.07. The van der Waals surface area contributed by atoms with Crippen LogP contribution in [0.4, 0.5) is 10.5 Å². The van der Waals surface area contributed by atoms with E-state index in [1.54, 1.807) is 12.1 Å². The Morgan fingerprint density at radius 3 is 2.32 bits per heavy atom. The molecule has 0 aliphatic heterocycles. The number of nitrogens with one attached hydrogen (secondary N) is 1. The number of rotatable bonds is 3. The van der Waals surface area contributed by atoms with E-state index >= 15 is 0 Å². The summed E-state index contributed by atoms with van der Waals surface area (Å²) >= 11 is 0. The second-order valence-electron chi connectivity index (χ2n) is 4.57. The van der Waals surface area contributed by atoms with Gasteiger partial charge in [0.2, 0.25) is 0 Å². The largest absolute Gasteiger partial charge is 0.417 e. The molecule has 0 spiro atoms. The lowest BCUT2D eigenvalue weighted by molar-refractivity contribution is 0.215. The standard InChI is InChI=1S/C16H17NO2/c1-12(2)14-10-6-7-11-15(14)17-16(18)19-13-8-4-3-5-9-13/h3-12H,1-2H3,(H,17,18). The number of benzene rings is 2. The molecule has 19 heavy (non-hydrogen) atoms. The number of ether oxygens (including phenoxy) is 1. The summed E-state index contributed by atoms with van der Waals surface area (Å²) in [7, 11) is 0. The molecule has 0 heterocycles. The fraction of sp³-hybridized carbons (Fsp3) is 0.188. The number of carbonyl (C=O) groups is 1. The van der Waals surface area contributed by atoms with E-state index in [0.717, 1.165) is 11.3 Å². The van der Waals surface area contributed by atoms with Crippen LogP contribution in [-0.4, -0.2) is 6.09 Å². The van der Waals surface area contributed by atoms with Crippen LogP contribution in [0, 0.1) is 0 Å². The summed E-state index contributed by atoms with van der Waals surface area (Å²) in [5.41, 5.74) is 1.88. The molecule has 0 aliphatic rings. The van der Waals surface area contributed by atoms with Gasteiger partial charge in [0.25, 0.3) is 0 Å². The van der Waals surface area contributed by atoms with Gasteiger partial charge in [0.15, 0.2) is 0 Å². The van der Waals surface area contributed by atoms with Gasteiger partial charge in [-0.2, -0.15) is 0 Å². The minimum absolute atomic E-state index is 0.341. The molecule has 0 radical (unpaired) electrons. The maximum atomic E-state index is 11.8. The molecule has 1 amide bonds. The molecule has 0 saturated heterocycles. The van der Waals surface area contributed by atoms with Crippen molar-refractivity contribution < 1.29 is 9.53 Å². The molecule has 0 aromatic heterocycles. The van der Waals surface area contributed by atoms with Crippen LogP contribution in [0.5, 0.6) is 5.75 Å². The Hall–Kier alpha value is -2.29. The summed E-state index contributed by atoms with van der Waals surface area (Å²) < 4.78 is 5.20. The predicted octanol–water partition coefficient (Wildman–Crippen LogP) is 4.42. The zero-order chi connectivity index (χ0) is 13.7. The zero-order valence-electron chi connectivity index (χ0n) is 11.1. The van der Waals surface area contributed by atoms with Gasteiger partial charge < -0.3 is 4.74 Å². The van der Waals surface area contributed by atoms with Crippen LogP contribution in [0.15, 0.2) is 54.6 Å². The van der Waals surface area contributed by atoms with Crippen LogP contribution < -0.4 is 10.1 Å². The number of hydrogen-bond acceptors (Lipinski definition) is 2. The molecule has 2 aromatic rings. The molecule has 0 saturated carbocycles. The lowest BCUT2D eigenvalue weighted by Crippen LogP contribution is -2.17. The SMILES string of the molecule is CC(C)c1ccccc1NC(=O)Oc1ccccc1. The minimum atomic E-state index is -0.473. The Morgan fingerprint density at radius 2 is 1.63 bits per heavy atom. The third-order valence-corrected chi connectivity index (χ3v) is 2.77. The first kappa shape index (κ1) is 13.1. The number of carbonyl (C=O) groups excluding carboxylic acids is 1. The van der Waals surface area contributed by atoms with Gasteiger partial charge in [0, 0.05) is 5.69 Å². The van der Waals surface area contributed by atoms with Crippen LogP contribution >= 0.6 is 0 Å². The summed E-state index contributed by atoms with van der Waals surface area (Å²) in [5, 5.41) is 2.78. The van der Waals surface area contributed by atoms with Gasteiger partial charge in [-0.25, -0.2) is 4.79 Å². The predicted molar refractivity (Wildman–Crippen MR) is 76.6 cm³/mol. The van der Waals surface area contributed by atoms with Crippen LogP contribution in [0.1, 0.15) is 25.3 Å². The number of para-hydroxylation sites is 2. The summed E-state index contributed by atoms with van der Waals surface area (Å²) in [4.78, 5) is 11.8. The van der Waals surface area contributed by atoms with Crippen molar-refractivity contribution in [2.24, 2.45) is 0 Å². The highest BCUT2D eigenvalue weighted by atomic mass is 16.6. The van der Waals surface area contributed by atoms with E-state index in [9.17, 15) is 4.79 Å². The molecule has 2 aromatic carbocycles. The highest BCUT2D eigenvalue weighted by Gasteiger charge is 2.10. The molecule has 3 nitrogen and oxygen atoms in total. The Kier molecular flexibility index (Phi) is 4.18. The van der Waals surface area contributed by atoms with Crippen molar-refractivity contribution >= 4 is 11.8 Å². The van der Waals surface area contributed by atoms with Gasteiger partial charge in [-0.1, -0.05) is 50.2 Å². The van der Waals surface area contributed by atoms with E-state index in [-0.39, 0.29) is 0 Å². The summed E-state index contributed by atoms with van der Waals surface area (Å²) in [5.74, 6) is 0.871. The Labute approximate surface area is 113 Å². The Morgan fingerprint density at radius 1 is 1.00 bits per heavy atom. The number of hydrogen-bond donors (Lipinski definition) is 1. The van der Waals surface area contributed by atoms with E-state index < -0.39 is 6.09 Å². The van der Waals surface area contributed by atoms with Crippen molar-refractivity contribution in [1.29, 1.82) is 0 Å². The molecule has 2 rings (SSSR count).